The van der Waals surface area contributed by atoms with E-state index in [0.717, 1.165) is 53.8 Å². The highest BCUT2D eigenvalue weighted by Gasteiger charge is 2.41. The lowest BCUT2D eigenvalue weighted by Gasteiger charge is -2.42. The van der Waals surface area contributed by atoms with Crippen LogP contribution in [0.2, 0.25) is 0 Å². The number of pyridine rings is 1. The molecule has 176 valence electrons. The van der Waals surface area contributed by atoms with Gasteiger partial charge < -0.3 is 14.6 Å². The highest BCUT2D eigenvalue weighted by atomic mass is 19.1. The van der Waals surface area contributed by atoms with Crippen molar-refractivity contribution in [2.75, 3.05) is 6.61 Å². The van der Waals surface area contributed by atoms with Gasteiger partial charge in [-0.15, -0.1) is 0 Å². The van der Waals surface area contributed by atoms with Crippen molar-refractivity contribution < 1.29 is 18.4 Å². The lowest BCUT2D eigenvalue weighted by molar-refractivity contribution is 0.128. The molecule has 0 saturated heterocycles. The molecule has 0 aliphatic heterocycles. The number of benzene rings is 1. The molecule has 1 fully saturated rings. The second-order valence-corrected chi connectivity index (χ2v) is 9.09. The summed E-state index contributed by atoms with van der Waals surface area (Å²) in [5.41, 5.74) is 4.66. The smallest absolute Gasteiger partial charge is 0.407 e. The van der Waals surface area contributed by atoms with Crippen LogP contribution in [0.5, 0.6) is 0 Å². The van der Waals surface area contributed by atoms with Crippen LogP contribution < -0.4 is 5.32 Å². The van der Waals surface area contributed by atoms with Gasteiger partial charge in [0.2, 0.25) is 0 Å². The summed E-state index contributed by atoms with van der Waals surface area (Å²) in [6.45, 7) is 2.19. The maximum absolute atomic E-state index is 13.5. The minimum Gasteiger partial charge on any atom is -0.450 e. The molecule has 1 saturated carbocycles. The molecule has 0 spiro atoms. The van der Waals surface area contributed by atoms with Gasteiger partial charge in [0.25, 0.3) is 0 Å². The largest absolute Gasteiger partial charge is 0.450 e. The number of hydrogen-bond donors (Lipinski definition) is 1. The van der Waals surface area contributed by atoms with Gasteiger partial charge in [0, 0.05) is 29.3 Å². The van der Waals surface area contributed by atoms with Crippen molar-refractivity contribution >= 4 is 12.2 Å². The molecule has 2 aromatic heterocycles. The van der Waals surface area contributed by atoms with Crippen LogP contribution in [0.4, 0.5) is 9.18 Å². The minimum atomic E-state index is -0.336. The molecule has 1 aromatic carbocycles. The number of nitrogens with one attached hydrogen (secondary N) is 1. The van der Waals surface area contributed by atoms with Crippen molar-refractivity contribution in [3.63, 3.8) is 0 Å². The Hall–Kier alpha value is -3.48. The van der Waals surface area contributed by atoms with E-state index in [0.29, 0.717) is 18.4 Å². The summed E-state index contributed by atoms with van der Waals surface area (Å²) in [5, 5.41) is 7.34. The van der Waals surface area contributed by atoms with Crippen LogP contribution in [-0.4, -0.2) is 28.9 Å². The molecule has 4 atom stereocenters. The Kier molecular flexibility index (Phi) is 6.43. The highest BCUT2D eigenvalue weighted by Crippen LogP contribution is 2.47. The number of alkyl carbamates (subject to hydrolysis) is 1. The van der Waals surface area contributed by atoms with Crippen molar-refractivity contribution in [1.29, 1.82) is 0 Å². The first kappa shape index (κ1) is 22.3. The number of carbonyl (C=O) groups excluding carboxylic acids is 1. The molecule has 2 heterocycles. The Balaban J connectivity index is 1.32. The number of ether oxygens (including phenoxy) is 1. The van der Waals surface area contributed by atoms with Crippen molar-refractivity contribution in [3.05, 3.63) is 77.7 Å². The zero-order valence-corrected chi connectivity index (χ0v) is 19.1. The summed E-state index contributed by atoms with van der Waals surface area (Å²) in [7, 11) is 0. The minimum absolute atomic E-state index is 0.128. The Morgan fingerprint density at radius 1 is 1.26 bits per heavy atom. The van der Waals surface area contributed by atoms with Gasteiger partial charge >= 0.3 is 6.09 Å². The lowest BCUT2D eigenvalue weighted by atomic mass is 9.64. The van der Waals surface area contributed by atoms with Crippen LogP contribution in [0.25, 0.3) is 17.2 Å². The predicted octanol–water partition coefficient (Wildman–Crippen LogP) is 5.76. The number of allylic oxidation sites excluding steroid dienone is 1. The number of halogens is 1. The van der Waals surface area contributed by atoms with E-state index in [1.807, 2.05) is 31.2 Å². The Labute approximate surface area is 198 Å². The maximum Gasteiger partial charge on any atom is 0.407 e. The predicted molar refractivity (Wildman–Crippen MR) is 126 cm³/mol. The molecule has 0 radical (unpaired) electrons. The fourth-order valence-corrected chi connectivity index (χ4v) is 5.42. The summed E-state index contributed by atoms with van der Waals surface area (Å²) >= 11 is 0. The molecule has 0 bridgehead atoms. The fraction of sp³-hybridized carbons (Fsp3) is 0.370. The molecule has 0 unspecified atom stereocenters. The second-order valence-electron chi connectivity index (χ2n) is 9.09. The van der Waals surface area contributed by atoms with E-state index in [-0.39, 0.29) is 23.9 Å². The first-order chi connectivity index (χ1) is 16.6. The SMILES string of the molecule is CCOC(=O)N[C@H]1CC[C@@H]2[C@H](Cc3conc3[C@H]2/C=C/c2ccc(-c3cccc(F)c3)cn2)C1. The summed E-state index contributed by atoms with van der Waals surface area (Å²) in [6.07, 6.45) is 11.1. The number of aromatic nitrogens is 2. The van der Waals surface area contributed by atoms with Crippen LogP contribution in [0.1, 0.15) is 49.1 Å². The molecule has 2 aliphatic carbocycles. The first-order valence-corrected chi connectivity index (χ1v) is 11.9. The van der Waals surface area contributed by atoms with Gasteiger partial charge in [-0.05, 0) is 74.3 Å². The molecule has 5 rings (SSSR count). The van der Waals surface area contributed by atoms with Gasteiger partial charge in [0.15, 0.2) is 0 Å². The molecule has 6 nitrogen and oxygen atoms in total. The van der Waals surface area contributed by atoms with Crippen molar-refractivity contribution in [2.24, 2.45) is 11.8 Å². The number of hydrogen-bond acceptors (Lipinski definition) is 5. The Morgan fingerprint density at radius 3 is 2.97 bits per heavy atom. The normalized spacial score (nSPS) is 23.8. The summed E-state index contributed by atoms with van der Waals surface area (Å²) < 4.78 is 23.9. The van der Waals surface area contributed by atoms with E-state index in [1.165, 1.54) is 12.1 Å². The standard InChI is InChI=1S/C27H28FN3O3/c1-2-33-27(32)30-23-9-10-24-19(14-23)12-20-16-34-31-26(20)25(24)11-8-22-7-6-18(15-29-22)17-4-3-5-21(28)13-17/h3-8,11,13,15-16,19,23-25H,2,9-10,12,14H2,1H3,(H,30,32)/b11-8+/t19-,23+,24-,25+/m1/s1. The van der Waals surface area contributed by atoms with Gasteiger partial charge in [0.1, 0.15) is 12.1 Å². The van der Waals surface area contributed by atoms with Crippen LogP contribution in [0.3, 0.4) is 0 Å². The molecule has 1 amide bonds. The van der Waals surface area contributed by atoms with Crippen LogP contribution in [0.15, 0.2) is 59.5 Å². The van der Waals surface area contributed by atoms with Crippen molar-refractivity contribution in [1.82, 2.24) is 15.5 Å². The Bertz CT molecular complexity index is 1170. The van der Waals surface area contributed by atoms with Gasteiger partial charge in [-0.3, -0.25) is 4.98 Å². The molecule has 2 aliphatic rings. The topological polar surface area (TPSA) is 77.2 Å². The van der Waals surface area contributed by atoms with Gasteiger partial charge in [0.05, 0.1) is 18.0 Å². The third kappa shape index (κ3) is 4.74. The molecular weight excluding hydrogens is 433 g/mol. The van der Waals surface area contributed by atoms with Gasteiger partial charge in [-0.1, -0.05) is 29.4 Å². The maximum atomic E-state index is 13.5. The van der Waals surface area contributed by atoms with Crippen LogP contribution >= 0.6 is 0 Å². The van der Waals surface area contributed by atoms with E-state index in [9.17, 15) is 9.18 Å². The summed E-state index contributed by atoms with van der Waals surface area (Å²) in [6, 6.07) is 10.5. The second kappa shape index (κ2) is 9.79. The fourth-order valence-electron chi connectivity index (χ4n) is 5.42. The van der Waals surface area contributed by atoms with Crippen molar-refractivity contribution in [3.8, 4) is 11.1 Å². The third-order valence-electron chi connectivity index (χ3n) is 6.99. The molecule has 34 heavy (non-hydrogen) atoms. The quantitative estimate of drug-likeness (QED) is 0.523. The number of nitrogens with zero attached hydrogens (tertiary/aromatic N) is 2. The molecule has 1 N–H and O–H groups in total. The number of fused-ring (bicyclic) bond motifs is 2. The zero-order valence-electron chi connectivity index (χ0n) is 19.1. The monoisotopic (exact) mass is 461 g/mol. The first-order valence-electron chi connectivity index (χ1n) is 11.9. The highest BCUT2D eigenvalue weighted by molar-refractivity contribution is 5.67. The van der Waals surface area contributed by atoms with E-state index < -0.39 is 0 Å². The van der Waals surface area contributed by atoms with E-state index in [2.05, 4.69) is 21.5 Å². The Morgan fingerprint density at radius 2 is 2.18 bits per heavy atom. The number of rotatable bonds is 5. The molecule has 7 heteroatoms. The lowest BCUT2D eigenvalue weighted by Crippen LogP contribution is -2.44. The average molecular weight is 462 g/mol. The van der Waals surface area contributed by atoms with E-state index >= 15 is 0 Å². The molecular formula is C27H28FN3O3. The number of carbonyl (C=O) groups is 1. The van der Waals surface area contributed by atoms with Crippen molar-refractivity contribution in [2.45, 2.75) is 44.6 Å². The zero-order chi connectivity index (χ0) is 23.5. The van der Waals surface area contributed by atoms with E-state index in [1.54, 1.807) is 18.5 Å². The summed E-state index contributed by atoms with van der Waals surface area (Å²) in [5.74, 6) is 0.746. The number of amides is 1. The molecule has 3 aromatic rings. The van der Waals surface area contributed by atoms with Gasteiger partial charge in [-0.25, -0.2) is 9.18 Å². The van der Waals surface area contributed by atoms with Crippen LogP contribution in [0, 0.1) is 17.7 Å². The van der Waals surface area contributed by atoms with E-state index in [4.69, 9.17) is 9.26 Å². The average Bonchev–Trinajstić information content (AvgIpc) is 3.30. The third-order valence-corrected chi connectivity index (χ3v) is 6.99. The summed E-state index contributed by atoms with van der Waals surface area (Å²) in [4.78, 5) is 16.5. The van der Waals surface area contributed by atoms with Gasteiger partial charge in [-0.2, -0.15) is 0 Å². The van der Waals surface area contributed by atoms with Crippen LogP contribution in [-0.2, 0) is 11.2 Å².